The van der Waals surface area contributed by atoms with Gasteiger partial charge >= 0.3 is 12.4 Å². The number of furan rings is 1. The van der Waals surface area contributed by atoms with Crippen LogP contribution in [0.5, 0.6) is 0 Å². The van der Waals surface area contributed by atoms with Gasteiger partial charge in [-0.25, -0.2) is 0 Å². The highest BCUT2D eigenvalue weighted by atomic mass is 19.4. The molecule has 0 fully saturated rings. The minimum atomic E-state index is -4.75. The summed E-state index contributed by atoms with van der Waals surface area (Å²) in [4.78, 5) is 0. The second-order valence-corrected chi connectivity index (χ2v) is 3.71. The van der Waals surface area contributed by atoms with E-state index in [2.05, 4.69) is 10.7 Å². The van der Waals surface area contributed by atoms with Crippen LogP contribution in [-0.4, -0.2) is 0 Å². The SMILES string of the molecule is FC(F)(F)c1ccc(C(F)(F)F)c(-c2c[c]oc2)c1. The fourth-order valence-corrected chi connectivity index (χ4v) is 1.58. The molecule has 2 aromatic rings. The van der Waals surface area contributed by atoms with Gasteiger partial charge in [-0.05, 0) is 29.8 Å². The molecule has 0 amide bonds. The lowest BCUT2D eigenvalue weighted by atomic mass is 9.98. The van der Waals surface area contributed by atoms with Crippen LogP contribution in [0.25, 0.3) is 11.1 Å². The van der Waals surface area contributed by atoms with Crippen LogP contribution in [0.2, 0.25) is 0 Å². The molecule has 0 bridgehead atoms. The molecule has 0 spiro atoms. The van der Waals surface area contributed by atoms with Gasteiger partial charge in [0.25, 0.3) is 0 Å². The standard InChI is InChI=1S/C12H5F6O/c13-11(14,15)8-1-2-10(12(16,17)18)9(5-8)7-3-4-19-6-7/h1-3,5-6H. The Hall–Kier alpha value is -1.92. The maximum absolute atomic E-state index is 12.7. The Kier molecular flexibility index (Phi) is 3.07. The maximum atomic E-state index is 12.7. The molecule has 1 heterocycles. The van der Waals surface area contributed by atoms with Gasteiger partial charge in [-0.3, -0.25) is 0 Å². The van der Waals surface area contributed by atoms with E-state index in [0.717, 1.165) is 12.3 Å². The third-order valence-corrected chi connectivity index (χ3v) is 2.43. The molecule has 2 rings (SSSR count). The molecule has 1 nitrogen and oxygen atoms in total. The molecule has 1 aromatic heterocycles. The molecule has 0 aliphatic rings. The molecule has 0 N–H and O–H groups in total. The molecule has 0 saturated carbocycles. The number of alkyl halides is 6. The van der Waals surface area contributed by atoms with E-state index < -0.39 is 29.0 Å². The minimum Gasteiger partial charge on any atom is -0.460 e. The molecular weight excluding hydrogens is 274 g/mol. The Labute approximate surface area is 103 Å². The van der Waals surface area contributed by atoms with E-state index in [1.54, 1.807) is 0 Å². The molecule has 0 atom stereocenters. The van der Waals surface area contributed by atoms with E-state index in [9.17, 15) is 26.3 Å². The zero-order valence-electron chi connectivity index (χ0n) is 9.06. The van der Waals surface area contributed by atoms with Crippen LogP contribution in [0.15, 0.2) is 34.9 Å². The van der Waals surface area contributed by atoms with Gasteiger partial charge in [0.15, 0.2) is 6.26 Å². The summed E-state index contributed by atoms with van der Waals surface area (Å²) in [6.45, 7) is 0. The van der Waals surface area contributed by atoms with Gasteiger partial charge < -0.3 is 4.42 Å². The van der Waals surface area contributed by atoms with Crippen molar-refractivity contribution in [2.24, 2.45) is 0 Å². The summed E-state index contributed by atoms with van der Waals surface area (Å²) < 4.78 is 80.3. The quantitative estimate of drug-likeness (QED) is 0.684. The van der Waals surface area contributed by atoms with Crippen LogP contribution >= 0.6 is 0 Å². The van der Waals surface area contributed by atoms with Crippen LogP contribution in [0.3, 0.4) is 0 Å². The summed E-state index contributed by atoms with van der Waals surface area (Å²) in [7, 11) is 0. The molecule has 0 aliphatic heterocycles. The van der Waals surface area contributed by atoms with Gasteiger partial charge in [0.05, 0.1) is 17.4 Å². The normalized spacial score (nSPS) is 12.7. The number of rotatable bonds is 1. The largest absolute Gasteiger partial charge is 0.460 e. The Bertz CT molecular complexity index is 565. The fourth-order valence-electron chi connectivity index (χ4n) is 1.58. The topological polar surface area (TPSA) is 13.1 Å². The molecule has 1 aromatic carbocycles. The van der Waals surface area contributed by atoms with Crippen LogP contribution < -0.4 is 0 Å². The monoisotopic (exact) mass is 279 g/mol. The molecule has 0 aliphatic carbocycles. The van der Waals surface area contributed by atoms with Crippen molar-refractivity contribution in [2.45, 2.75) is 12.4 Å². The lowest BCUT2D eigenvalue weighted by Gasteiger charge is -2.14. The summed E-state index contributed by atoms with van der Waals surface area (Å²) in [6.07, 6.45) is -6.42. The van der Waals surface area contributed by atoms with Crippen molar-refractivity contribution >= 4 is 0 Å². The van der Waals surface area contributed by atoms with Crippen LogP contribution in [0.4, 0.5) is 26.3 Å². The molecule has 1 radical (unpaired) electrons. The predicted octanol–water partition coefficient (Wildman–Crippen LogP) is 4.78. The van der Waals surface area contributed by atoms with Crippen LogP contribution in [0, 0.1) is 6.26 Å². The molecular formula is C12H5F6O. The van der Waals surface area contributed by atoms with Crippen molar-refractivity contribution in [3.63, 3.8) is 0 Å². The summed E-state index contributed by atoms with van der Waals surface area (Å²) in [5.74, 6) is 0. The van der Waals surface area contributed by atoms with Crippen molar-refractivity contribution in [3.05, 3.63) is 47.9 Å². The van der Waals surface area contributed by atoms with Gasteiger partial charge in [-0.1, -0.05) is 0 Å². The number of hydrogen-bond acceptors (Lipinski definition) is 1. The summed E-state index contributed by atoms with van der Waals surface area (Å²) >= 11 is 0. The summed E-state index contributed by atoms with van der Waals surface area (Å²) in [5.41, 5.74) is -3.02. The van der Waals surface area contributed by atoms with E-state index in [1.165, 1.54) is 0 Å². The van der Waals surface area contributed by atoms with Crippen LogP contribution in [-0.2, 0) is 12.4 Å². The Morgan fingerprint density at radius 3 is 2.11 bits per heavy atom. The first kappa shape index (κ1) is 13.5. The van der Waals surface area contributed by atoms with Crippen molar-refractivity contribution in [1.29, 1.82) is 0 Å². The zero-order chi connectivity index (χ0) is 14.3. The average Bonchev–Trinajstić information content (AvgIpc) is 2.79. The van der Waals surface area contributed by atoms with Gasteiger partial charge in [0.1, 0.15) is 0 Å². The Morgan fingerprint density at radius 2 is 1.63 bits per heavy atom. The first-order valence-corrected chi connectivity index (χ1v) is 4.93. The fraction of sp³-hybridized carbons (Fsp3) is 0.167. The number of benzene rings is 1. The zero-order valence-corrected chi connectivity index (χ0v) is 9.06. The first-order chi connectivity index (χ1) is 8.69. The summed E-state index contributed by atoms with van der Waals surface area (Å²) in [5, 5.41) is 0. The molecule has 19 heavy (non-hydrogen) atoms. The smallest absolute Gasteiger partial charge is 0.417 e. The van der Waals surface area contributed by atoms with E-state index >= 15 is 0 Å². The van der Waals surface area contributed by atoms with Crippen LogP contribution in [0.1, 0.15) is 11.1 Å². The van der Waals surface area contributed by atoms with Gasteiger partial charge in [-0.15, -0.1) is 0 Å². The molecule has 0 unspecified atom stereocenters. The van der Waals surface area contributed by atoms with E-state index in [-0.39, 0.29) is 5.56 Å². The number of halogens is 6. The Balaban J connectivity index is 2.65. The summed E-state index contributed by atoms with van der Waals surface area (Å²) in [6, 6.07) is 2.30. The van der Waals surface area contributed by atoms with E-state index in [4.69, 9.17) is 0 Å². The third kappa shape index (κ3) is 2.74. The predicted molar refractivity (Wildman–Crippen MR) is 53.0 cm³/mol. The van der Waals surface area contributed by atoms with Gasteiger partial charge in [-0.2, -0.15) is 26.3 Å². The first-order valence-electron chi connectivity index (χ1n) is 4.93. The van der Waals surface area contributed by atoms with E-state index in [0.29, 0.717) is 18.2 Å². The van der Waals surface area contributed by atoms with Crippen molar-refractivity contribution < 1.29 is 30.8 Å². The van der Waals surface area contributed by atoms with E-state index in [1.807, 2.05) is 0 Å². The third-order valence-electron chi connectivity index (χ3n) is 2.43. The molecule has 0 saturated heterocycles. The number of hydrogen-bond donors (Lipinski definition) is 0. The van der Waals surface area contributed by atoms with Crippen molar-refractivity contribution in [1.82, 2.24) is 0 Å². The average molecular weight is 279 g/mol. The second kappa shape index (κ2) is 4.32. The van der Waals surface area contributed by atoms with Crippen molar-refractivity contribution in [3.8, 4) is 11.1 Å². The Morgan fingerprint density at radius 1 is 0.947 bits per heavy atom. The lowest BCUT2D eigenvalue weighted by molar-refractivity contribution is -0.141. The van der Waals surface area contributed by atoms with Gasteiger partial charge in [0.2, 0.25) is 0 Å². The van der Waals surface area contributed by atoms with Gasteiger partial charge in [0, 0.05) is 5.56 Å². The highest BCUT2D eigenvalue weighted by Gasteiger charge is 2.37. The highest BCUT2D eigenvalue weighted by molar-refractivity contribution is 5.68. The maximum Gasteiger partial charge on any atom is 0.417 e. The second-order valence-electron chi connectivity index (χ2n) is 3.71. The minimum absolute atomic E-state index is 0.113. The molecule has 7 heteroatoms. The highest BCUT2D eigenvalue weighted by Crippen LogP contribution is 2.40. The molecule has 101 valence electrons. The lowest BCUT2D eigenvalue weighted by Crippen LogP contribution is -2.10. The van der Waals surface area contributed by atoms with Crippen molar-refractivity contribution in [2.75, 3.05) is 0 Å².